The molecule has 2 heterocycles. The van der Waals surface area contributed by atoms with Crippen molar-refractivity contribution in [3.63, 3.8) is 0 Å². The Kier molecular flexibility index (Phi) is 6.92. The molecule has 0 aliphatic carbocycles. The molecule has 7 nitrogen and oxygen atoms in total. The van der Waals surface area contributed by atoms with Gasteiger partial charge in [0.25, 0.3) is 5.91 Å². The average molecular weight is 439 g/mol. The van der Waals surface area contributed by atoms with E-state index in [0.29, 0.717) is 32.0 Å². The Morgan fingerprint density at radius 1 is 1.03 bits per heavy atom. The van der Waals surface area contributed by atoms with Gasteiger partial charge in [-0.15, -0.1) is 0 Å². The molecule has 0 N–H and O–H groups in total. The van der Waals surface area contributed by atoms with Crippen molar-refractivity contribution in [3.05, 3.63) is 66.0 Å². The number of anilines is 1. The van der Waals surface area contributed by atoms with E-state index in [9.17, 15) is 18.8 Å². The molecule has 1 unspecified atom stereocenters. The summed E-state index contributed by atoms with van der Waals surface area (Å²) in [5.74, 6) is -1.49. The number of morpholine rings is 1. The predicted molar refractivity (Wildman–Crippen MR) is 116 cm³/mol. The van der Waals surface area contributed by atoms with Crippen molar-refractivity contribution < 1.29 is 23.5 Å². The summed E-state index contributed by atoms with van der Waals surface area (Å²) in [5, 5.41) is 0. The molecule has 0 spiro atoms. The lowest BCUT2D eigenvalue weighted by Gasteiger charge is -2.32. The van der Waals surface area contributed by atoms with Gasteiger partial charge in [0.05, 0.1) is 31.7 Å². The summed E-state index contributed by atoms with van der Waals surface area (Å²) < 4.78 is 18.7. The molecule has 3 amide bonds. The highest BCUT2D eigenvalue weighted by Crippen LogP contribution is 2.26. The maximum absolute atomic E-state index is 13.3. The monoisotopic (exact) mass is 439 g/mol. The zero-order valence-electron chi connectivity index (χ0n) is 17.8. The summed E-state index contributed by atoms with van der Waals surface area (Å²) in [6.45, 7) is 3.74. The van der Waals surface area contributed by atoms with Crippen LogP contribution in [0.25, 0.3) is 0 Å². The molecule has 2 saturated heterocycles. The van der Waals surface area contributed by atoms with Gasteiger partial charge in [-0.05, 0) is 29.8 Å². The molecular weight excluding hydrogens is 413 g/mol. The molecule has 168 valence electrons. The number of carbonyl (C=O) groups excluding carboxylic acids is 3. The number of nitrogens with zero attached hydrogens (tertiary/aromatic N) is 3. The largest absolute Gasteiger partial charge is 0.379 e. The first-order chi connectivity index (χ1) is 15.5. The summed E-state index contributed by atoms with van der Waals surface area (Å²) >= 11 is 0. The van der Waals surface area contributed by atoms with Crippen molar-refractivity contribution in [2.24, 2.45) is 0 Å². The van der Waals surface area contributed by atoms with E-state index in [1.54, 1.807) is 0 Å². The van der Waals surface area contributed by atoms with Crippen molar-refractivity contribution in [1.29, 1.82) is 0 Å². The van der Waals surface area contributed by atoms with Gasteiger partial charge in [0.15, 0.2) is 0 Å². The SMILES string of the molecule is O=C1CC(N(CCN2CCOCC2)C(=O)Cc2ccccc2)C(=O)N1c1ccc(F)cc1. The van der Waals surface area contributed by atoms with Crippen LogP contribution in [-0.4, -0.2) is 73.0 Å². The number of hydrogen-bond acceptors (Lipinski definition) is 5. The van der Waals surface area contributed by atoms with Crippen LogP contribution in [-0.2, 0) is 25.5 Å². The maximum atomic E-state index is 13.3. The number of ether oxygens (including phenoxy) is 1. The number of imide groups is 1. The lowest BCUT2D eigenvalue weighted by atomic mass is 10.1. The minimum atomic E-state index is -0.871. The molecule has 2 fully saturated rings. The van der Waals surface area contributed by atoms with Crippen molar-refractivity contribution in [3.8, 4) is 0 Å². The predicted octanol–water partition coefficient (Wildman–Crippen LogP) is 1.86. The normalized spacial score (nSPS) is 19.4. The molecule has 0 bridgehead atoms. The van der Waals surface area contributed by atoms with Gasteiger partial charge in [0.1, 0.15) is 11.9 Å². The highest BCUT2D eigenvalue weighted by atomic mass is 19.1. The van der Waals surface area contributed by atoms with Gasteiger partial charge >= 0.3 is 0 Å². The van der Waals surface area contributed by atoms with Gasteiger partial charge in [0.2, 0.25) is 11.8 Å². The van der Waals surface area contributed by atoms with Crippen LogP contribution in [0.1, 0.15) is 12.0 Å². The number of halogens is 1. The molecule has 2 aliphatic heterocycles. The molecule has 2 aliphatic rings. The lowest BCUT2D eigenvalue weighted by molar-refractivity contribution is -0.138. The van der Waals surface area contributed by atoms with E-state index >= 15 is 0 Å². The number of rotatable bonds is 7. The van der Waals surface area contributed by atoms with Gasteiger partial charge in [0, 0.05) is 26.2 Å². The van der Waals surface area contributed by atoms with Crippen LogP contribution < -0.4 is 4.90 Å². The Bertz CT molecular complexity index is 961. The molecular formula is C24H26FN3O4. The summed E-state index contributed by atoms with van der Waals surface area (Å²) in [4.78, 5) is 44.0. The van der Waals surface area contributed by atoms with Crippen LogP contribution in [0.3, 0.4) is 0 Å². The molecule has 0 aromatic heterocycles. The van der Waals surface area contributed by atoms with E-state index in [1.165, 1.54) is 29.2 Å². The van der Waals surface area contributed by atoms with E-state index < -0.39 is 23.7 Å². The standard InChI is InChI=1S/C24H26FN3O4/c25-19-6-8-20(9-7-19)28-23(30)17-21(24(28)31)27(11-10-26-12-14-32-15-13-26)22(29)16-18-4-2-1-3-5-18/h1-9,21H,10-17H2. The first-order valence-electron chi connectivity index (χ1n) is 10.8. The third kappa shape index (κ3) is 5.03. The number of carbonyl (C=O) groups is 3. The fourth-order valence-corrected chi connectivity index (χ4v) is 4.12. The first-order valence-corrected chi connectivity index (χ1v) is 10.8. The van der Waals surface area contributed by atoms with Crippen molar-refractivity contribution in [2.75, 3.05) is 44.3 Å². The Morgan fingerprint density at radius 3 is 2.41 bits per heavy atom. The van der Waals surface area contributed by atoms with Crippen molar-refractivity contribution in [2.45, 2.75) is 18.9 Å². The van der Waals surface area contributed by atoms with E-state index in [0.717, 1.165) is 23.6 Å². The Labute approximate surface area is 186 Å². The second kappa shape index (κ2) is 10.0. The van der Waals surface area contributed by atoms with Gasteiger partial charge in [-0.3, -0.25) is 19.3 Å². The Morgan fingerprint density at radius 2 is 1.72 bits per heavy atom. The van der Waals surface area contributed by atoms with Crippen molar-refractivity contribution in [1.82, 2.24) is 9.80 Å². The molecule has 0 saturated carbocycles. The summed E-state index contributed by atoms with van der Waals surface area (Å²) in [6.07, 6.45) is 0.0678. The molecule has 0 radical (unpaired) electrons. The summed E-state index contributed by atoms with van der Waals surface area (Å²) in [7, 11) is 0. The molecule has 2 aromatic rings. The fourth-order valence-electron chi connectivity index (χ4n) is 4.12. The van der Waals surface area contributed by atoms with Gasteiger partial charge in [-0.25, -0.2) is 9.29 Å². The molecule has 1 atom stereocenters. The Hall–Kier alpha value is -3.10. The van der Waals surface area contributed by atoms with Crippen LogP contribution in [0, 0.1) is 5.82 Å². The lowest BCUT2D eigenvalue weighted by Crippen LogP contribution is -2.50. The quantitative estimate of drug-likeness (QED) is 0.616. The maximum Gasteiger partial charge on any atom is 0.257 e. The van der Waals surface area contributed by atoms with Gasteiger partial charge in [-0.2, -0.15) is 0 Å². The molecule has 2 aromatic carbocycles. The van der Waals surface area contributed by atoms with Crippen LogP contribution in [0.4, 0.5) is 10.1 Å². The van der Waals surface area contributed by atoms with Gasteiger partial charge in [-0.1, -0.05) is 30.3 Å². The number of amides is 3. The van der Waals surface area contributed by atoms with Crippen LogP contribution >= 0.6 is 0 Å². The second-order valence-corrected chi connectivity index (χ2v) is 7.97. The van der Waals surface area contributed by atoms with E-state index in [-0.39, 0.29) is 18.7 Å². The first kappa shape index (κ1) is 22.1. The van der Waals surface area contributed by atoms with Gasteiger partial charge < -0.3 is 9.64 Å². The van der Waals surface area contributed by atoms with Crippen LogP contribution in [0.5, 0.6) is 0 Å². The van der Waals surface area contributed by atoms with E-state index in [4.69, 9.17) is 4.74 Å². The topological polar surface area (TPSA) is 70.2 Å². The third-order valence-electron chi connectivity index (χ3n) is 5.86. The Balaban J connectivity index is 1.53. The van der Waals surface area contributed by atoms with Crippen LogP contribution in [0.15, 0.2) is 54.6 Å². The van der Waals surface area contributed by atoms with E-state index in [2.05, 4.69) is 4.90 Å². The number of benzene rings is 2. The third-order valence-corrected chi connectivity index (χ3v) is 5.86. The molecule has 8 heteroatoms. The van der Waals surface area contributed by atoms with E-state index in [1.807, 2.05) is 30.3 Å². The second-order valence-electron chi connectivity index (χ2n) is 7.97. The minimum Gasteiger partial charge on any atom is -0.379 e. The molecule has 32 heavy (non-hydrogen) atoms. The average Bonchev–Trinajstić information content (AvgIpc) is 3.09. The highest BCUT2D eigenvalue weighted by molar-refractivity contribution is 6.23. The number of hydrogen-bond donors (Lipinski definition) is 0. The fraction of sp³-hybridized carbons (Fsp3) is 0.375. The van der Waals surface area contributed by atoms with Crippen LogP contribution in [0.2, 0.25) is 0 Å². The summed E-state index contributed by atoms with van der Waals surface area (Å²) in [6, 6.07) is 13.7. The smallest absolute Gasteiger partial charge is 0.257 e. The van der Waals surface area contributed by atoms with Crippen molar-refractivity contribution >= 4 is 23.4 Å². The molecule has 4 rings (SSSR count). The zero-order chi connectivity index (χ0) is 22.5. The zero-order valence-corrected chi connectivity index (χ0v) is 17.8. The summed E-state index contributed by atoms with van der Waals surface area (Å²) in [5.41, 5.74) is 1.16. The minimum absolute atomic E-state index is 0.0835. The highest BCUT2D eigenvalue weighted by Gasteiger charge is 2.44.